The van der Waals surface area contributed by atoms with Gasteiger partial charge in [-0.25, -0.2) is 14.6 Å². The highest BCUT2D eigenvalue weighted by Crippen LogP contribution is 2.32. The molecule has 0 aliphatic heterocycles. The van der Waals surface area contributed by atoms with E-state index in [0.29, 0.717) is 18.7 Å². The van der Waals surface area contributed by atoms with Gasteiger partial charge >= 0.3 is 0 Å². The summed E-state index contributed by atoms with van der Waals surface area (Å²) in [6, 6.07) is 6.70. The van der Waals surface area contributed by atoms with Crippen LogP contribution in [0.15, 0.2) is 30.3 Å². The lowest BCUT2D eigenvalue weighted by Gasteiger charge is -2.28. The van der Waals surface area contributed by atoms with Crippen molar-refractivity contribution in [3.63, 3.8) is 0 Å². The number of aliphatic hydroxyl groups is 1. The van der Waals surface area contributed by atoms with E-state index in [-0.39, 0.29) is 24.7 Å². The Hall–Kier alpha value is -3.24. The minimum absolute atomic E-state index is 0.0484. The first kappa shape index (κ1) is 27.8. The average molecular weight is 467 g/mol. The number of halogens is 2. The van der Waals surface area contributed by atoms with Crippen molar-refractivity contribution in [3.05, 3.63) is 53.1 Å². The Bertz CT molecular complexity index is 949. The molecule has 0 radical (unpaired) electrons. The van der Waals surface area contributed by atoms with Gasteiger partial charge in [0.2, 0.25) is 12.3 Å². The third-order valence-electron chi connectivity index (χ3n) is 4.19. The Labute approximate surface area is 192 Å². The van der Waals surface area contributed by atoms with Crippen molar-refractivity contribution in [1.29, 1.82) is 0 Å². The number of likely N-dealkylation sites (N-methyl/N-ethyl adjacent to an activating group) is 1. The molecule has 5 N–H and O–H groups in total. The maximum atomic E-state index is 13.7. The normalized spacial score (nSPS) is 10.6. The van der Waals surface area contributed by atoms with Gasteiger partial charge < -0.3 is 25.5 Å². The highest BCUT2D eigenvalue weighted by Gasteiger charge is 2.19. The van der Waals surface area contributed by atoms with Crippen molar-refractivity contribution in [1.82, 2.24) is 10.6 Å². The third-order valence-corrected chi connectivity index (χ3v) is 4.19. The van der Waals surface area contributed by atoms with Gasteiger partial charge in [0, 0.05) is 12.6 Å². The van der Waals surface area contributed by atoms with Crippen LogP contribution in [0.2, 0.25) is 0 Å². The third kappa shape index (κ3) is 9.84. The molecule has 10 heteroatoms. The molecule has 2 amide bonds. The number of nitrogens with zero attached hydrogens (tertiary/aromatic N) is 1. The van der Waals surface area contributed by atoms with Crippen LogP contribution in [0.4, 0.5) is 14.5 Å². The first-order valence-electron chi connectivity index (χ1n) is 10.3. The molecule has 0 fully saturated rings. The largest absolute Gasteiger partial charge is 0.454 e. The van der Waals surface area contributed by atoms with E-state index < -0.39 is 17.2 Å². The van der Waals surface area contributed by atoms with Crippen LogP contribution in [0, 0.1) is 25.5 Å². The standard InChI is InChI=1S/C18H22F2N2O2.C5H10N2O2/c1-11-8-17(24-16-6-5-13(19)9-14(16)20)12(2)7-15(11)22(21)10-18(3,4)23;1-2-7-5(9)3-6-4-8/h5-9,23H,10,21H2,1-4H3;4H,2-3H2,1H3,(H,6,8)(H,7,9). The molecule has 0 saturated carbocycles. The Morgan fingerprint density at radius 1 is 1.18 bits per heavy atom. The SMILES string of the molecule is CCNC(=O)CNC=O.Cc1cc(N(N)CC(C)(C)O)c(C)cc1Oc1ccc(F)cc1F. The Morgan fingerprint density at radius 2 is 1.85 bits per heavy atom. The van der Waals surface area contributed by atoms with E-state index in [1.54, 1.807) is 32.9 Å². The van der Waals surface area contributed by atoms with E-state index in [2.05, 4.69) is 10.6 Å². The fourth-order valence-corrected chi connectivity index (χ4v) is 2.77. The molecule has 0 saturated heterocycles. The van der Waals surface area contributed by atoms with Crippen LogP contribution in [0.3, 0.4) is 0 Å². The molecule has 33 heavy (non-hydrogen) atoms. The zero-order valence-electron chi connectivity index (χ0n) is 19.5. The second-order valence-corrected chi connectivity index (χ2v) is 7.97. The second-order valence-electron chi connectivity index (χ2n) is 7.97. The number of nitrogens with one attached hydrogen (secondary N) is 2. The van der Waals surface area contributed by atoms with Gasteiger partial charge in [0.15, 0.2) is 11.6 Å². The number of hydrogen-bond donors (Lipinski definition) is 4. The molecule has 0 heterocycles. The van der Waals surface area contributed by atoms with E-state index in [1.165, 1.54) is 11.1 Å². The number of anilines is 1. The number of ether oxygens (including phenoxy) is 1. The maximum absolute atomic E-state index is 13.7. The molecule has 182 valence electrons. The summed E-state index contributed by atoms with van der Waals surface area (Å²) in [7, 11) is 0. The lowest BCUT2D eigenvalue weighted by atomic mass is 10.1. The topological polar surface area (TPSA) is 117 Å². The lowest BCUT2D eigenvalue weighted by molar-refractivity contribution is -0.122. The van der Waals surface area contributed by atoms with Crippen LogP contribution in [0.25, 0.3) is 0 Å². The minimum Gasteiger partial charge on any atom is -0.454 e. The number of carbonyl (C=O) groups is 2. The predicted octanol–water partition coefficient (Wildman–Crippen LogP) is 2.69. The van der Waals surface area contributed by atoms with E-state index in [1.807, 2.05) is 13.8 Å². The maximum Gasteiger partial charge on any atom is 0.239 e. The van der Waals surface area contributed by atoms with E-state index in [0.717, 1.165) is 28.9 Å². The summed E-state index contributed by atoms with van der Waals surface area (Å²) in [5.41, 5.74) is 1.35. The summed E-state index contributed by atoms with van der Waals surface area (Å²) in [5.74, 6) is 4.85. The molecular formula is C23H32F2N4O4. The van der Waals surface area contributed by atoms with Crippen LogP contribution in [0.5, 0.6) is 11.5 Å². The van der Waals surface area contributed by atoms with Crippen molar-refractivity contribution in [3.8, 4) is 11.5 Å². The number of hydrazine groups is 1. The first-order valence-corrected chi connectivity index (χ1v) is 10.3. The molecular weight excluding hydrogens is 434 g/mol. The molecule has 0 aliphatic carbocycles. The van der Waals surface area contributed by atoms with Gasteiger partial charge in [-0.05, 0) is 70.0 Å². The molecule has 0 atom stereocenters. The molecule has 2 aromatic rings. The number of carbonyl (C=O) groups excluding carboxylic acids is 2. The zero-order valence-corrected chi connectivity index (χ0v) is 19.5. The first-order chi connectivity index (χ1) is 15.4. The number of nitrogens with two attached hydrogens (primary N) is 1. The number of benzene rings is 2. The van der Waals surface area contributed by atoms with Gasteiger partial charge in [-0.3, -0.25) is 9.59 Å². The van der Waals surface area contributed by atoms with Crippen LogP contribution >= 0.6 is 0 Å². The predicted molar refractivity (Wildman–Crippen MR) is 123 cm³/mol. The molecule has 2 rings (SSSR count). The molecule has 0 unspecified atom stereocenters. The quantitative estimate of drug-likeness (QED) is 0.257. The van der Waals surface area contributed by atoms with Crippen molar-refractivity contribution >= 4 is 18.0 Å². The highest BCUT2D eigenvalue weighted by molar-refractivity contribution is 5.79. The zero-order chi connectivity index (χ0) is 25.2. The van der Waals surface area contributed by atoms with Gasteiger partial charge in [-0.15, -0.1) is 0 Å². The molecule has 0 bridgehead atoms. The summed E-state index contributed by atoms with van der Waals surface area (Å²) in [5, 5.41) is 16.1. The number of hydrogen-bond acceptors (Lipinski definition) is 6. The summed E-state index contributed by atoms with van der Waals surface area (Å²) < 4.78 is 32.3. The van der Waals surface area contributed by atoms with E-state index in [4.69, 9.17) is 10.6 Å². The van der Waals surface area contributed by atoms with Gasteiger partial charge in [-0.1, -0.05) is 0 Å². The average Bonchev–Trinajstić information content (AvgIpc) is 2.70. The number of aryl methyl sites for hydroxylation is 2. The van der Waals surface area contributed by atoms with Crippen molar-refractivity contribution in [2.75, 3.05) is 24.6 Å². The van der Waals surface area contributed by atoms with Crippen LogP contribution in [-0.4, -0.2) is 42.7 Å². The second kappa shape index (κ2) is 12.7. The Balaban J connectivity index is 0.000000513. The Morgan fingerprint density at radius 3 is 2.39 bits per heavy atom. The van der Waals surface area contributed by atoms with Crippen LogP contribution in [0.1, 0.15) is 31.9 Å². The molecule has 0 aromatic heterocycles. The summed E-state index contributed by atoms with van der Waals surface area (Å²) in [6.45, 7) is 9.72. The van der Waals surface area contributed by atoms with Crippen molar-refractivity contribution in [2.24, 2.45) is 5.84 Å². The molecule has 2 aromatic carbocycles. The minimum atomic E-state index is -0.943. The molecule has 0 spiro atoms. The van der Waals surface area contributed by atoms with Crippen molar-refractivity contribution < 1.29 is 28.2 Å². The van der Waals surface area contributed by atoms with Gasteiger partial charge in [0.1, 0.15) is 11.6 Å². The fourth-order valence-electron chi connectivity index (χ4n) is 2.77. The Kier molecular flexibility index (Phi) is 10.7. The monoisotopic (exact) mass is 466 g/mol. The number of amides is 2. The van der Waals surface area contributed by atoms with Gasteiger partial charge in [-0.2, -0.15) is 0 Å². The number of rotatable bonds is 9. The summed E-state index contributed by atoms with van der Waals surface area (Å²) in [4.78, 5) is 20.1. The van der Waals surface area contributed by atoms with Gasteiger partial charge in [0.25, 0.3) is 0 Å². The van der Waals surface area contributed by atoms with Crippen LogP contribution < -0.4 is 26.2 Å². The lowest BCUT2D eigenvalue weighted by Crippen LogP contribution is -2.43. The van der Waals surface area contributed by atoms with E-state index >= 15 is 0 Å². The summed E-state index contributed by atoms with van der Waals surface area (Å²) in [6.07, 6.45) is 0.495. The fraction of sp³-hybridized carbons (Fsp3) is 0.391. The summed E-state index contributed by atoms with van der Waals surface area (Å²) >= 11 is 0. The molecule has 8 nitrogen and oxygen atoms in total. The van der Waals surface area contributed by atoms with E-state index in [9.17, 15) is 23.5 Å². The van der Waals surface area contributed by atoms with Crippen LogP contribution in [-0.2, 0) is 9.59 Å². The van der Waals surface area contributed by atoms with Gasteiger partial charge in [0.05, 0.1) is 24.4 Å². The smallest absolute Gasteiger partial charge is 0.239 e. The highest BCUT2D eigenvalue weighted by atomic mass is 19.1. The molecule has 0 aliphatic rings. The van der Waals surface area contributed by atoms with Crippen molar-refractivity contribution in [2.45, 2.75) is 40.2 Å².